The maximum Gasteiger partial charge on any atom is 0.251 e. The van der Waals surface area contributed by atoms with Gasteiger partial charge >= 0.3 is 0 Å². The summed E-state index contributed by atoms with van der Waals surface area (Å²) in [5, 5.41) is 3.07. The van der Waals surface area contributed by atoms with Crippen LogP contribution in [0.1, 0.15) is 73.7 Å². The molecule has 1 atom stereocenters. The number of carbonyl (C=O) groups is 1. The second-order valence-electron chi connectivity index (χ2n) is 7.78. The molecule has 0 bridgehead atoms. The largest absolute Gasteiger partial charge is 0.378 e. The summed E-state index contributed by atoms with van der Waals surface area (Å²) in [4.78, 5) is 14.9. The SMILES string of the molecule is O=C(NCCCCC1CCCO1)c1cccc(CN2CCCCCC2)c1. The van der Waals surface area contributed by atoms with E-state index in [0.717, 1.165) is 44.5 Å². The Hall–Kier alpha value is -1.39. The molecule has 2 saturated heterocycles. The first-order chi connectivity index (χ1) is 12.8. The Labute approximate surface area is 158 Å². The van der Waals surface area contributed by atoms with Crippen molar-refractivity contribution in [2.24, 2.45) is 0 Å². The van der Waals surface area contributed by atoms with E-state index < -0.39 is 0 Å². The Balaban J connectivity index is 1.39. The third kappa shape index (κ3) is 6.40. The fourth-order valence-corrected chi connectivity index (χ4v) is 4.04. The molecule has 3 rings (SSSR count). The number of benzene rings is 1. The van der Waals surface area contributed by atoms with Crippen LogP contribution in [-0.4, -0.2) is 43.2 Å². The van der Waals surface area contributed by atoms with E-state index in [2.05, 4.69) is 22.3 Å². The van der Waals surface area contributed by atoms with Gasteiger partial charge in [0.15, 0.2) is 0 Å². The molecule has 2 heterocycles. The molecule has 4 heteroatoms. The highest BCUT2D eigenvalue weighted by Crippen LogP contribution is 2.17. The Morgan fingerprint density at radius 2 is 1.96 bits per heavy atom. The van der Waals surface area contributed by atoms with Crippen molar-refractivity contribution in [1.29, 1.82) is 0 Å². The molecule has 0 aromatic heterocycles. The van der Waals surface area contributed by atoms with Crippen LogP contribution in [0.3, 0.4) is 0 Å². The molecule has 144 valence electrons. The summed E-state index contributed by atoms with van der Waals surface area (Å²) in [5.74, 6) is 0.0554. The van der Waals surface area contributed by atoms with Crippen LogP contribution in [0.15, 0.2) is 24.3 Å². The number of hydrogen-bond acceptors (Lipinski definition) is 3. The predicted molar refractivity (Wildman–Crippen MR) is 105 cm³/mol. The average Bonchev–Trinajstić information content (AvgIpc) is 3.05. The van der Waals surface area contributed by atoms with Crippen molar-refractivity contribution in [2.75, 3.05) is 26.2 Å². The van der Waals surface area contributed by atoms with Crippen LogP contribution in [0.25, 0.3) is 0 Å². The van der Waals surface area contributed by atoms with Gasteiger partial charge in [-0.05, 0) is 75.7 Å². The second kappa shape index (κ2) is 10.7. The van der Waals surface area contributed by atoms with Crippen molar-refractivity contribution in [3.05, 3.63) is 35.4 Å². The highest BCUT2D eigenvalue weighted by Gasteiger charge is 2.15. The summed E-state index contributed by atoms with van der Waals surface area (Å²) < 4.78 is 5.64. The van der Waals surface area contributed by atoms with Gasteiger partial charge in [0.1, 0.15) is 0 Å². The average molecular weight is 359 g/mol. The summed E-state index contributed by atoms with van der Waals surface area (Å²) >= 11 is 0. The molecule has 0 saturated carbocycles. The highest BCUT2D eigenvalue weighted by molar-refractivity contribution is 5.94. The van der Waals surface area contributed by atoms with Crippen molar-refractivity contribution >= 4 is 5.91 Å². The lowest BCUT2D eigenvalue weighted by atomic mass is 10.1. The van der Waals surface area contributed by atoms with Crippen molar-refractivity contribution in [1.82, 2.24) is 10.2 Å². The van der Waals surface area contributed by atoms with E-state index in [1.807, 2.05) is 12.1 Å². The van der Waals surface area contributed by atoms with Crippen LogP contribution in [0, 0.1) is 0 Å². The van der Waals surface area contributed by atoms with E-state index in [4.69, 9.17) is 4.74 Å². The molecule has 1 N–H and O–H groups in total. The van der Waals surface area contributed by atoms with Crippen molar-refractivity contribution in [3.63, 3.8) is 0 Å². The summed E-state index contributed by atoms with van der Waals surface area (Å²) in [7, 11) is 0. The van der Waals surface area contributed by atoms with E-state index in [0.29, 0.717) is 6.10 Å². The number of nitrogens with zero attached hydrogens (tertiary/aromatic N) is 1. The second-order valence-corrected chi connectivity index (χ2v) is 7.78. The zero-order valence-corrected chi connectivity index (χ0v) is 16.0. The normalized spacial score (nSPS) is 21.5. The van der Waals surface area contributed by atoms with Crippen LogP contribution < -0.4 is 5.32 Å². The minimum Gasteiger partial charge on any atom is -0.378 e. The summed E-state index contributed by atoms with van der Waals surface area (Å²) in [5.41, 5.74) is 2.04. The Kier molecular flexibility index (Phi) is 7.96. The van der Waals surface area contributed by atoms with Gasteiger partial charge in [0, 0.05) is 25.3 Å². The van der Waals surface area contributed by atoms with E-state index >= 15 is 0 Å². The van der Waals surface area contributed by atoms with Crippen molar-refractivity contribution in [2.45, 2.75) is 70.4 Å². The van der Waals surface area contributed by atoms with Crippen LogP contribution >= 0.6 is 0 Å². The van der Waals surface area contributed by atoms with Crippen molar-refractivity contribution in [3.8, 4) is 0 Å². The first-order valence-electron chi connectivity index (χ1n) is 10.5. The van der Waals surface area contributed by atoms with E-state index in [1.54, 1.807) is 0 Å². The number of ether oxygens (including phenoxy) is 1. The Morgan fingerprint density at radius 3 is 2.73 bits per heavy atom. The molecule has 0 aliphatic carbocycles. The first kappa shape index (κ1) is 19.4. The number of carbonyl (C=O) groups excluding carboxylic acids is 1. The maximum atomic E-state index is 12.4. The van der Waals surface area contributed by atoms with Crippen molar-refractivity contribution < 1.29 is 9.53 Å². The number of nitrogens with one attached hydrogen (secondary N) is 1. The fourth-order valence-electron chi connectivity index (χ4n) is 4.04. The molecular weight excluding hydrogens is 324 g/mol. The van der Waals surface area contributed by atoms with Gasteiger partial charge in [-0.3, -0.25) is 9.69 Å². The van der Waals surface area contributed by atoms with Gasteiger partial charge in [0.05, 0.1) is 6.10 Å². The Bertz CT molecular complexity index is 547. The molecule has 2 aliphatic heterocycles. The van der Waals surface area contributed by atoms with Gasteiger partial charge in [-0.15, -0.1) is 0 Å². The van der Waals surface area contributed by atoms with E-state index in [1.165, 1.54) is 57.2 Å². The van der Waals surface area contributed by atoms with Crippen LogP contribution in [0.5, 0.6) is 0 Å². The topological polar surface area (TPSA) is 41.6 Å². The van der Waals surface area contributed by atoms with Crippen LogP contribution in [0.2, 0.25) is 0 Å². The minimum atomic E-state index is 0.0554. The van der Waals surface area contributed by atoms with Gasteiger partial charge in [-0.25, -0.2) is 0 Å². The molecule has 4 nitrogen and oxygen atoms in total. The molecule has 26 heavy (non-hydrogen) atoms. The summed E-state index contributed by atoms with van der Waals surface area (Å²) in [6, 6.07) is 8.14. The summed E-state index contributed by atoms with van der Waals surface area (Å²) in [6.45, 7) is 5.00. The molecule has 2 aliphatic rings. The van der Waals surface area contributed by atoms with Gasteiger partial charge in [0.2, 0.25) is 0 Å². The molecule has 0 radical (unpaired) electrons. The van der Waals surface area contributed by atoms with E-state index in [-0.39, 0.29) is 5.91 Å². The number of amides is 1. The number of hydrogen-bond donors (Lipinski definition) is 1. The standard InChI is InChI=1S/C22H34N2O2/c25-22(23-13-4-3-11-21-12-8-16-26-21)20-10-7-9-19(17-20)18-24-14-5-1-2-6-15-24/h7,9-10,17,21H,1-6,8,11-16,18H2,(H,23,25). The molecule has 1 amide bonds. The lowest BCUT2D eigenvalue weighted by Gasteiger charge is -2.20. The lowest BCUT2D eigenvalue weighted by Crippen LogP contribution is -2.26. The maximum absolute atomic E-state index is 12.4. The van der Waals surface area contributed by atoms with Gasteiger partial charge < -0.3 is 10.1 Å². The monoisotopic (exact) mass is 358 g/mol. The number of likely N-dealkylation sites (tertiary alicyclic amines) is 1. The van der Waals surface area contributed by atoms with E-state index in [9.17, 15) is 4.79 Å². The quantitative estimate of drug-likeness (QED) is 0.710. The molecule has 1 aromatic carbocycles. The van der Waals surface area contributed by atoms with Gasteiger partial charge in [0.25, 0.3) is 5.91 Å². The van der Waals surface area contributed by atoms with Crippen LogP contribution in [0.4, 0.5) is 0 Å². The molecule has 1 aromatic rings. The summed E-state index contributed by atoms with van der Waals surface area (Å²) in [6.07, 6.45) is 11.4. The molecule has 2 fully saturated rings. The lowest BCUT2D eigenvalue weighted by molar-refractivity contribution is 0.0947. The highest BCUT2D eigenvalue weighted by atomic mass is 16.5. The number of unbranched alkanes of at least 4 members (excludes halogenated alkanes) is 1. The van der Waals surface area contributed by atoms with Crippen LogP contribution in [-0.2, 0) is 11.3 Å². The molecular formula is C22H34N2O2. The molecule has 1 unspecified atom stereocenters. The third-order valence-electron chi connectivity index (χ3n) is 5.56. The zero-order valence-electron chi connectivity index (χ0n) is 16.0. The predicted octanol–water partition coefficient (Wildman–Crippen LogP) is 4.14. The minimum absolute atomic E-state index is 0.0554. The fraction of sp³-hybridized carbons (Fsp3) is 0.682. The third-order valence-corrected chi connectivity index (χ3v) is 5.56. The van der Waals surface area contributed by atoms with Gasteiger partial charge in [-0.2, -0.15) is 0 Å². The Morgan fingerprint density at radius 1 is 1.12 bits per heavy atom. The number of rotatable bonds is 8. The zero-order chi connectivity index (χ0) is 18.0. The first-order valence-corrected chi connectivity index (χ1v) is 10.5. The van der Waals surface area contributed by atoms with Gasteiger partial charge in [-0.1, -0.05) is 25.0 Å². The molecule has 0 spiro atoms. The smallest absolute Gasteiger partial charge is 0.251 e.